The number of carbonyl (C=O) groups is 2. The van der Waals surface area contributed by atoms with Gasteiger partial charge in [0.2, 0.25) is 6.29 Å². The van der Waals surface area contributed by atoms with Gasteiger partial charge in [-0.2, -0.15) is 0 Å². The Morgan fingerprint density at radius 3 is 2.21 bits per heavy atom. The van der Waals surface area contributed by atoms with Crippen molar-refractivity contribution in [2.24, 2.45) is 0 Å². The molecule has 0 unspecified atom stereocenters. The van der Waals surface area contributed by atoms with E-state index in [2.05, 4.69) is 0 Å². The quantitative estimate of drug-likeness (QED) is 0.193. The van der Waals surface area contributed by atoms with E-state index in [1.54, 1.807) is 24.3 Å². The van der Waals surface area contributed by atoms with Crippen molar-refractivity contribution >= 4 is 18.0 Å². The lowest BCUT2D eigenvalue weighted by Gasteiger charge is -2.39. The van der Waals surface area contributed by atoms with Gasteiger partial charge in [-0.3, -0.25) is 0 Å². The van der Waals surface area contributed by atoms with E-state index in [4.69, 9.17) is 14.2 Å². The van der Waals surface area contributed by atoms with Crippen LogP contribution in [0.4, 0.5) is 0 Å². The van der Waals surface area contributed by atoms with Crippen molar-refractivity contribution in [2.75, 3.05) is 6.61 Å². The molecule has 1 aliphatic rings. The van der Waals surface area contributed by atoms with Gasteiger partial charge in [0.15, 0.2) is 17.2 Å². The van der Waals surface area contributed by atoms with Crippen molar-refractivity contribution in [2.45, 2.75) is 30.7 Å². The van der Waals surface area contributed by atoms with Crippen LogP contribution in [0.15, 0.2) is 48.5 Å². The van der Waals surface area contributed by atoms with E-state index in [0.717, 1.165) is 23.8 Å². The molecule has 176 valence electrons. The van der Waals surface area contributed by atoms with Gasteiger partial charge in [0, 0.05) is 6.08 Å². The summed E-state index contributed by atoms with van der Waals surface area (Å²) in [6, 6.07) is 10.5. The molecule has 11 heteroatoms. The number of hydrogen-bond donors (Lipinski definition) is 6. The Bertz CT molecular complexity index is 997. The van der Waals surface area contributed by atoms with Crippen molar-refractivity contribution in [3.05, 3.63) is 59.7 Å². The molecular formula is C22H22O11. The molecule has 0 spiro atoms. The smallest absolute Gasteiger partial charge is 0.340 e. The standard InChI is InChI=1S/C22H22O11/c23-13-8-12(9-14(24)17(13)26)21(30)33-22-20(29)19(28)18(27)15(32-22)10-31-16(25)7-6-11-4-2-1-3-5-11/h1-9,15,18-20,22-24,26-29H,10H2/b7-6+/t15-,18-,19+,20-,22+/m0/s1. The summed E-state index contributed by atoms with van der Waals surface area (Å²) in [6.45, 7) is -0.530. The minimum atomic E-state index is -1.85. The molecule has 6 N–H and O–H groups in total. The first-order valence-corrected chi connectivity index (χ1v) is 9.73. The molecule has 3 rings (SSSR count). The monoisotopic (exact) mass is 462 g/mol. The average molecular weight is 462 g/mol. The van der Waals surface area contributed by atoms with Gasteiger partial charge >= 0.3 is 11.9 Å². The van der Waals surface area contributed by atoms with Crippen molar-refractivity contribution in [3.63, 3.8) is 0 Å². The molecule has 1 fully saturated rings. The number of aromatic hydroxyl groups is 3. The molecule has 11 nitrogen and oxygen atoms in total. The number of hydrogen-bond acceptors (Lipinski definition) is 11. The first-order chi connectivity index (χ1) is 15.7. The number of ether oxygens (including phenoxy) is 3. The van der Waals surface area contributed by atoms with E-state index in [1.807, 2.05) is 6.07 Å². The van der Waals surface area contributed by atoms with Gasteiger partial charge in [-0.1, -0.05) is 30.3 Å². The molecule has 0 amide bonds. The minimum Gasteiger partial charge on any atom is -0.504 e. The van der Waals surface area contributed by atoms with E-state index in [1.165, 1.54) is 6.08 Å². The van der Waals surface area contributed by atoms with Gasteiger partial charge in [-0.25, -0.2) is 9.59 Å². The Kier molecular flexibility index (Phi) is 7.51. The maximum atomic E-state index is 12.3. The van der Waals surface area contributed by atoms with Gasteiger partial charge in [0.1, 0.15) is 31.0 Å². The Labute approximate surface area is 187 Å². The predicted octanol–water partition coefficient (Wildman–Crippen LogP) is 0.0244. The third-order valence-corrected chi connectivity index (χ3v) is 4.80. The summed E-state index contributed by atoms with van der Waals surface area (Å²) in [4.78, 5) is 24.2. The zero-order valence-electron chi connectivity index (χ0n) is 17.0. The van der Waals surface area contributed by atoms with Crippen molar-refractivity contribution in [3.8, 4) is 17.2 Å². The van der Waals surface area contributed by atoms with E-state index in [0.29, 0.717) is 0 Å². The van der Waals surface area contributed by atoms with E-state index < -0.39 is 72.1 Å². The molecule has 0 aromatic heterocycles. The number of aliphatic hydroxyl groups excluding tert-OH is 3. The molecule has 0 aliphatic carbocycles. The van der Waals surface area contributed by atoms with Crippen LogP contribution in [0, 0.1) is 0 Å². The van der Waals surface area contributed by atoms with Gasteiger partial charge in [0.25, 0.3) is 0 Å². The van der Waals surface area contributed by atoms with Gasteiger partial charge in [0.05, 0.1) is 5.56 Å². The fraction of sp³-hybridized carbons (Fsp3) is 0.273. The minimum absolute atomic E-state index is 0.395. The largest absolute Gasteiger partial charge is 0.504 e. The number of phenolic OH excluding ortho intramolecular Hbond substituents is 3. The number of aliphatic hydroxyl groups is 3. The lowest BCUT2D eigenvalue weighted by molar-refractivity contribution is -0.285. The van der Waals surface area contributed by atoms with E-state index in [9.17, 15) is 40.2 Å². The molecule has 5 atom stereocenters. The normalized spacial score (nSPS) is 25.0. The van der Waals surface area contributed by atoms with Crippen molar-refractivity contribution in [1.29, 1.82) is 0 Å². The fourth-order valence-electron chi connectivity index (χ4n) is 2.99. The highest BCUT2D eigenvalue weighted by Crippen LogP contribution is 2.36. The number of benzene rings is 2. The predicted molar refractivity (Wildman–Crippen MR) is 110 cm³/mol. The second-order valence-corrected chi connectivity index (χ2v) is 7.16. The molecular weight excluding hydrogens is 440 g/mol. The molecule has 0 saturated carbocycles. The maximum absolute atomic E-state index is 12.3. The summed E-state index contributed by atoms with van der Waals surface area (Å²) in [7, 11) is 0. The summed E-state index contributed by atoms with van der Waals surface area (Å²) in [6.07, 6.45) is -5.80. The van der Waals surface area contributed by atoms with Crippen molar-refractivity contribution in [1.82, 2.24) is 0 Å². The van der Waals surface area contributed by atoms with Crippen LogP contribution in [0.25, 0.3) is 6.08 Å². The lowest BCUT2D eigenvalue weighted by atomic mass is 9.99. The van der Waals surface area contributed by atoms with E-state index in [-0.39, 0.29) is 0 Å². The highest BCUT2D eigenvalue weighted by molar-refractivity contribution is 5.91. The number of phenols is 3. The molecule has 33 heavy (non-hydrogen) atoms. The molecule has 0 bridgehead atoms. The van der Waals surface area contributed by atoms with E-state index >= 15 is 0 Å². The van der Waals surface area contributed by atoms with Crippen LogP contribution in [-0.4, -0.2) is 79.9 Å². The van der Waals surface area contributed by atoms with Crippen LogP contribution in [0.1, 0.15) is 15.9 Å². The Hall–Kier alpha value is -3.64. The zero-order valence-corrected chi connectivity index (χ0v) is 17.0. The number of esters is 2. The number of carbonyl (C=O) groups excluding carboxylic acids is 2. The molecule has 2 aromatic rings. The van der Waals surface area contributed by atoms with Crippen LogP contribution < -0.4 is 0 Å². The highest BCUT2D eigenvalue weighted by atomic mass is 16.7. The Morgan fingerprint density at radius 1 is 0.939 bits per heavy atom. The van der Waals surface area contributed by atoms with Gasteiger partial charge < -0.3 is 44.8 Å². The van der Waals surface area contributed by atoms with Crippen LogP contribution in [0.2, 0.25) is 0 Å². The lowest BCUT2D eigenvalue weighted by Crippen LogP contribution is -2.59. The topological polar surface area (TPSA) is 183 Å². The van der Waals surface area contributed by atoms with Crippen LogP contribution in [-0.2, 0) is 19.0 Å². The van der Waals surface area contributed by atoms with Crippen molar-refractivity contribution < 1.29 is 54.4 Å². The van der Waals surface area contributed by atoms with Crippen LogP contribution >= 0.6 is 0 Å². The Balaban J connectivity index is 1.62. The van der Waals surface area contributed by atoms with Crippen LogP contribution in [0.3, 0.4) is 0 Å². The summed E-state index contributed by atoms with van der Waals surface area (Å²) in [5, 5.41) is 58.7. The fourth-order valence-corrected chi connectivity index (χ4v) is 2.99. The summed E-state index contributed by atoms with van der Waals surface area (Å²) >= 11 is 0. The molecule has 1 saturated heterocycles. The molecule has 2 aromatic carbocycles. The van der Waals surface area contributed by atoms with Gasteiger partial charge in [-0.15, -0.1) is 0 Å². The number of rotatable bonds is 6. The second kappa shape index (κ2) is 10.3. The first kappa shape index (κ1) is 24.0. The van der Waals surface area contributed by atoms with Crippen LogP contribution in [0.5, 0.6) is 17.2 Å². The third kappa shape index (κ3) is 5.79. The third-order valence-electron chi connectivity index (χ3n) is 4.80. The highest BCUT2D eigenvalue weighted by Gasteiger charge is 2.46. The Morgan fingerprint density at radius 2 is 1.58 bits per heavy atom. The van der Waals surface area contributed by atoms with Gasteiger partial charge in [-0.05, 0) is 23.8 Å². The molecule has 1 aliphatic heterocycles. The summed E-state index contributed by atoms with van der Waals surface area (Å²) in [5.74, 6) is -4.39. The average Bonchev–Trinajstić information content (AvgIpc) is 2.81. The molecule has 1 heterocycles. The SMILES string of the molecule is O=C(/C=C/c1ccccc1)OC[C@@H]1O[C@H](OC(=O)c2cc(O)c(O)c(O)c2)[C@@H](O)[C@H](O)[C@H]1O. The summed E-state index contributed by atoms with van der Waals surface area (Å²) < 4.78 is 15.3. The molecule has 0 radical (unpaired) electrons. The first-order valence-electron chi connectivity index (χ1n) is 9.73. The summed E-state index contributed by atoms with van der Waals surface area (Å²) in [5.41, 5.74) is 0.355. The maximum Gasteiger partial charge on any atom is 0.340 e. The zero-order chi connectivity index (χ0) is 24.1. The second-order valence-electron chi connectivity index (χ2n) is 7.16.